The van der Waals surface area contributed by atoms with Crippen molar-refractivity contribution >= 4 is 5.69 Å². The van der Waals surface area contributed by atoms with Crippen molar-refractivity contribution in [3.05, 3.63) is 6.33 Å². The lowest BCUT2D eigenvalue weighted by molar-refractivity contribution is 0.283. The molecule has 1 heterocycles. The van der Waals surface area contributed by atoms with E-state index in [9.17, 15) is 0 Å². The molecule has 0 saturated heterocycles. The molecule has 0 amide bonds. The molecule has 0 spiro atoms. The van der Waals surface area contributed by atoms with Crippen molar-refractivity contribution < 1.29 is 9.47 Å². The molecule has 0 aliphatic rings. The van der Waals surface area contributed by atoms with Crippen LogP contribution in [0, 0.1) is 0 Å². The Balaban J connectivity index is 2.53. The van der Waals surface area contributed by atoms with Crippen molar-refractivity contribution in [1.29, 1.82) is 0 Å². The van der Waals surface area contributed by atoms with E-state index in [1.807, 2.05) is 6.92 Å². The second-order valence-electron chi connectivity index (χ2n) is 3.80. The van der Waals surface area contributed by atoms with E-state index in [1.165, 1.54) is 6.33 Å². The van der Waals surface area contributed by atoms with E-state index in [0.717, 1.165) is 25.7 Å². The molecule has 0 atom stereocenters. The van der Waals surface area contributed by atoms with E-state index >= 15 is 0 Å². The standard InChI is InChI=1S/C12H21N3O2/c1-3-5-6-8-17-12-10(13)11(14-9-15-12)16-7-4-2/h9H,3-8,13H2,1-2H3. The third kappa shape index (κ3) is 4.46. The first-order valence-electron chi connectivity index (χ1n) is 6.15. The highest BCUT2D eigenvalue weighted by Crippen LogP contribution is 2.26. The lowest BCUT2D eigenvalue weighted by atomic mass is 10.3. The molecule has 96 valence electrons. The first-order chi connectivity index (χ1) is 8.29. The van der Waals surface area contributed by atoms with Crippen LogP contribution >= 0.6 is 0 Å². The summed E-state index contributed by atoms with van der Waals surface area (Å²) in [6, 6.07) is 0. The fourth-order valence-corrected chi connectivity index (χ4v) is 1.31. The van der Waals surface area contributed by atoms with Crippen LogP contribution in [-0.2, 0) is 0 Å². The lowest BCUT2D eigenvalue weighted by Crippen LogP contribution is -2.06. The molecule has 1 aromatic rings. The Bertz CT molecular complexity index is 332. The number of nitrogens with zero attached hydrogens (tertiary/aromatic N) is 2. The van der Waals surface area contributed by atoms with Gasteiger partial charge in [-0.1, -0.05) is 26.7 Å². The third-order valence-electron chi connectivity index (χ3n) is 2.24. The van der Waals surface area contributed by atoms with Gasteiger partial charge >= 0.3 is 0 Å². The maximum atomic E-state index is 5.86. The van der Waals surface area contributed by atoms with Gasteiger partial charge in [-0.3, -0.25) is 0 Å². The van der Waals surface area contributed by atoms with Gasteiger partial charge in [0.1, 0.15) is 6.33 Å². The molecule has 0 radical (unpaired) electrons. The van der Waals surface area contributed by atoms with Gasteiger partial charge in [0.25, 0.3) is 0 Å². The molecule has 2 N–H and O–H groups in total. The molecule has 0 saturated carbocycles. The topological polar surface area (TPSA) is 70.3 Å². The summed E-state index contributed by atoms with van der Waals surface area (Å²) >= 11 is 0. The predicted molar refractivity (Wildman–Crippen MR) is 67.3 cm³/mol. The average Bonchev–Trinajstić information content (AvgIpc) is 2.35. The van der Waals surface area contributed by atoms with Crippen molar-refractivity contribution in [2.45, 2.75) is 39.5 Å². The predicted octanol–water partition coefficient (Wildman–Crippen LogP) is 2.42. The molecule has 0 fully saturated rings. The smallest absolute Gasteiger partial charge is 0.244 e. The summed E-state index contributed by atoms with van der Waals surface area (Å²) in [4.78, 5) is 7.99. The molecule has 0 aliphatic carbocycles. The van der Waals surface area contributed by atoms with Crippen molar-refractivity contribution in [2.24, 2.45) is 0 Å². The Morgan fingerprint density at radius 1 is 1.00 bits per heavy atom. The van der Waals surface area contributed by atoms with Crippen LogP contribution in [0.4, 0.5) is 5.69 Å². The number of anilines is 1. The number of hydrogen-bond donors (Lipinski definition) is 1. The zero-order valence-electron chi connectivity index (χ0n) is 10.6. The Morgan fingerprint density at radius 2 is 1.65 bits per heavy atom. The molecule has 1 rings (SSSR count). The molecule has 5 heteroatoms. The zero-order chi connectivity index (χ0) is 12.5. The summed E-state index contributed by atoms with van der Waals surface area (Å²) < 4.78 is 10.9. The minimum atomic E-state index is 0.387. The monoisotopic (exact) mass is 239 g/mol. The molecule has 1 aromatic heterocycles. The number of nitrogen functional groups attached to an aromatic ring is 1. The highest BCUT2D eigenvalue weighted by Gasteiger charge is 2.09. The Kier molecular flexibility index (Phi) is 6.14. The van der Waals surface area contributed by atoms with Gasteiger partial charge in [0.15, 0.2) is 5.69 Å². The zero-order valence-corrected chi connectivity index (χ0v) is 10.6. The Labute approximate surface area is 102 Å². The van der Waals surface area contributed by atoms with E-state index in [1.54, 1.807) is 0 Å². The van der Waals surface area contributed by atoms with Crippen LogP contribution in [0.3, 0.4) is 0 Å². The molecule has 0 unspecified atom stereocenters. The van der Waals surface area contributed by atoms with E-state index in [4.69, 9.17) is 15.2 Å². The summed E-state index contributed by atoms with van der Waals surface area (Å²) in [5, 5.41) is 0. The quantitative estimate of drug-likeness (QED) is 0.705. The number of nitrogens with two attached hydrogens (primary N) is 1. The Hall–Kier alpha value is -1.52. The first-order valence-corrected chi connectivity index (χ1v) is 6.15. The van der Waals surface area contributed by atoms with Gasteiger partial charge < -0.3 is 15.2 Å². The van der Waals surface area contributed by atoms with Gasteiger partial charge in [0, 0.05) is 0 Å². The van der Waals surface area contributed by atoms with E-state index in [-0.39, 0.29) is 0 Å². The average molecular weight is 239 g/mol. The highest BCUT2D eigenvalue weighted by molar-refractivity contribution is 5.55. The van der Waals surface area contributed by atoms with Gasteiger partial charge in [-0.2, -0.15) is 9.97 Å². The van der Waals surface area contributed by atoms with Crippen LogP contribution in [0.25, 0.3) is 0 Å². The number of unbranched alkanes of at least 4 members (excludes halogenated alkanes) is 2. The fourth-order valence-electron chi connectivity index (χ4n) is 1.31. The minimum absolute atomic E-state index is 0.387. The van der Waals surface area contributed by atoms with Crippen LogP contribution in [0.5, 0.6) is 11.8 Å². The van der Waals surface area contributed by atoms with Crippen molar-refractivity contribution in [2.75, 3.05) is 18.9 Å². The maximum absolute atomic E-state index is 5.86. The van der Waals surface area contributed by atoms with Gasteiger partial charge in [-0.25, -0.2) is 0 Å². The number of ether oxygens (including phenoxy) is 2. The van der Waals surface area contributed by atoms with Crippen LogP contribution in [-0.4, -0.2) is 23.2 Å². The number of hydrogen-bond acceptors (Lipinski definition) is 5. The molecule has 0 aliphatic heterocycles. The Morgan fingerprint density at radius 3 is 2.24 bits per heavy atom. The van der Waals surface area contributed by atoms with Gasteiger partial charge in [0.2, 0.25) is 11.8 Å². The summed E-state index contributed by atoms with van der Waals surface area (Å²) in [6.07, 6.45) is 5.63. The van der Waals surface area contributed by atoms with Crippen molar-refractivity contribution in [3.63, 3.8) is 0 Å². The van der Waals surface area contributed by atoms with Crippen LogP contribution in [0.15, 0.2) is 6.33 Å². The summed E-state index contributed by atoms with van der Waals surface area (Å²) in [5.74, 6) is 0.828. The largest absolute Gasteiger partial charge is 0.476 e. The third-order valence-corrected chi connectivity index (χ3v) is 2.24. The van der Waals surface area contributed by atoms with E-state index in [2.05, 4.69) is 16.9 Å². The van der Waals surface area contributed by atoms with Crippen LogP contribution < -0.4 is 15.2 Å². The molecular formula is C12H21N3O2. The van der Waals surface area contributed by atoms with E-state index in [0.29, 0.717) is 30.7 Å². The molecule has 5 nitrogen and oxygen atoms in total. The normalized spacial score (nSPS) is 10.2. The van der Waals surface area contributed by atoms with Gasteiger partial charge in [-0.05, 0) is 12.8 Å². The SMILES string of the molecule is CCCCCOc1ncnc(OCCC)c1N. The molecule has 0 bridgehead atoms. The summed E-state index contributed by atoms with van der Waals surface area (Å²) in [7, 11) is 0. The van der Waals surface area contributed by atoms with E-state index < -0.39 is 0 Å². The second-order valence-corrected chi connectivity index (χ2v) is 3.80. The molecule has 17 heavy (non-hydrogen) atoms. The van der Waals surface area contributed by atoms with Crippen molar-refractivity contribution in [1.82, 2.24) is 9.97 Å². The van der Waals surface area contributed by atoms with Crippen LogP contribution in [0.1, 0.15) is 39.5 Å². The lowest BCUT2D eigenvalue weighted by Gasteiger charge is -2.10. The molecular weight excluding hydrogens is 218 g/mol. The van der Waals surface area contributed by atoms with Gasteiger partial charge in [0.05, 0.1) is 13.2 Å². The van der Waals surface area contributed by atoms with Gasteiger partial charge in [-0.15, -0.1) is 0 Å². The highest BCUT2D eigenvalue weighted by atomic mass is 16.5. The number of aromatic nitrogens is 2. The summed E-state index contributed by atoms with van der Waals surface area (Å²) in [6.45, 7) is 5.40. The van der Waals surface area contributed by atoms with Crippen molar-refractivity contribution in [3.8, 4) is 11.8 Å². The molecule has 0 aromatic carbocycles. The fraction of sp³-hybridized carbons (Fsp3) is 0.667. The minimum Gasteiger partial charge on any atom is -0.476 e. The van der Waals surface area contributed by atoms with Crippen LogP contribution in [0.2, 0.25) is 0 Å². The number of rotatable bonds is 8. The first kappa shape index (κ1) is 13.5. The second kappa shape index (κ2) is 7.70. The summed E-state index contributed by atoms with van der Waals surface area (Å²) in [5.41, 5.74) is 6.25. The maximum Gasteiger partial charge on any atom is 0.244 e.